The fourth-order valence-electron chi connectivity index (χ4n) is 4.16. The molecule has 0 unspecified atom stereocenters. The molecule has 1 saturated carbocycles. The van der Waals surface area contributed by atoms with Gasteiger partial charge in [-0.2, -0.15) is 5.10 Å². The second-order valence-electron chi connectivity index (χ2n) is 6.60. The van der Waals surface area contributed by atoms with E-state index in [0.29, 0.717) is 12.6 Å². The number of rotatable bonds is 4. The molecule has 5 heteroatoms. The van der Waals surface area contributed by atoms with Crippen LogP contribution in [0.3, 0.4) is 0 Å². The summed E-state index contributed by atoms with van der Waals surface area (Å²) >= 11 is 0. The van der Waals surface area contributed by atoms with Crippen molar-refractivity contribution in [2.45, 2.75) is 38.1 Å². The van der Waals surface area contributed by atoms with Crippen LogP contribution in [0.4, 0.5) is 0 Å². The first-order chi connectivity index (χ1) is 10.8. The number of nitrogens with zero attached hydrogens (tertiary/aromatic N) is 1. The Bertz CT molecular complexity index is 683. The van der Waals surface area contributed by atoms with Crippen LogP contribution in [0.2, 0.25) is 0 Å². The van der Waals surface area contributed by atoms with Crippen LogP contribution in [0.15, 0.2) is 24.4 Å². The summed E-state index contributed by atoms with van der Waals surface area (Å²) in [6, 6.07) is 6.69. The lowest BCUT2D eigenvalue weighted by molar-refractivity contribution is -0.130. The Hall–Kier alpha value is -1.88. The van der Waals surface area contributed by atoms with E-state index in [1.807, 2.05) is 6.20 Å². The molecular weight excluding hydrogens is 276 g/mol. The first-order valence-electron chi connectivity index (χ1n) is 8.22. The molecule has 1 aliphatic heterocycles. The third kappa shape index (κ3) is 2.20. The van der Waals surface area contributed by atoms with Crippen LogP contribution in [-0.4, -0.2) is 35.2 Å². The van der Waals surface area contributed by atoms with Gasteiger partial charge in [0, 0.05) is 18.0 Å². The molecule has 2 fully saturated rings. The van der Waals surface area contributed by atoms with Gasteiger partial charge in [-0.15, -0.1) is 0 Å². The normalized spacial score (nSPS) is 27.2. The van der Waals surface area contributed by atoms with Crippen LogP contribution in [0, 0.1) is 5.41 Å². The average Bonchev–Trinajstić information content (AvgIpc) is 3.21. The second kappa shape index (κ2) is 5.39. The number of hydrogen-bond acceptors (Lipinski definition) is 3. The fraction of sp³-hybridized carbons (Fsp3) is 0.529. The molecule has 2 aliphatic rings. The largest absolute Gasteiger partial charge is 0.355 e. The minimum absolute atomic E-state index is 0.132. The van der Waals surface area contributed by atoms with Gasteiger partial charge in [-0.1, -0.05) is 18.6 Å². The van der Waals surface area contributed by atoms with Crippen LogP contribution in [0.25, 0.3) is 10.9 Å². The zero-order valence-electron chi connectivity index (χ0n) is 12.7. The van der Waals surface area contributed by atoms with E-state index in [0.717, 1.165) is 43.1 Å². The molecule has 0 radical (unpaired) electrons. The number of amides is 1. The predicted octanol–water partition coefficient (Wildman–Crippen LogP) is 1.75. The van der Waals surface area contributed by atoms with Gasteiger partial charge in [0.05, 0.1) is 17.1 Å². The summed E-state index contributed by atoms with van der Waals surface area (Å²) in [6.07, 6.45) is 7.02. The van der Waals surface area contributed by atoms with Crippen molar-refractivity contribution in [2.75, 3.05) is 13.1 Å². The first-order valence-corrected chi connectivity index (χ1v) is 8.22. The zero-order chi connectivity index (χ0) is 15.0. The SMILES string of the molecule is O=C(NCCc1ccc2cn[nH]c2c1)[C@]12CCC[C@H]1NCC2. The molecule has 0 spiro atoms. The Kier molecular flexibility index (Phi) is 3.37. The molecule has 1 aromatic heterocycles. The standard InChI is InChI=1S/C17H22N4O/c22-16(17-6-1-2-15(17)18-9-7-17)19-8-5-12-3-4-13-11-20-21-14(13)10-12/h3-4,10-11,15,18H,1-2,5-9H2,(H,19,22)(H,20,21)/t15-,17+/m1/s1. The van der Waals surface area contributed by atoms with Gasteiger partial charge in [-0.25, -0.2) is 0 Å². The number of H-pyrrole nitrogens is 1. The Morgan fingerprint density at radius 1 is 1.41 bits per heavy atom. The minimum atomic E-state index is -0.132. The first kappa shape index (κ1) is 13.8. The molecule has 2 atom stereocenters. The van der Waals surface area contributed by atoms with E-state index in [1.54, 1.807) is 0 Å². The molecule has 1 aromatic carbocycles. The quantitative estimate of drug-likeness (QED) is 0.805. The number of aromatic nitrogens is 2. The van der Waals surface area contributed by atoms with Crippen molar-refractivity contribution in [3.63, 3.8) is 0 Å². The van der Waals surface area contributed by atoms with Gasteiger partial charge in [-0.3, -0.25) is 9.89 Å². The molecule has 3 N–H and O–H groups in total. The van der Waals surface area contributed by atoms with Crippen molar-refractivity contribution >= 4 is 16.8 Å². The monoisotopic (exact) mass is 298 g/mol. The van der Waals surface area contributed by atoms with Gasteiger partial charge >= 0.3 is 0 Å². The molecule has 1 amide bonds. The minimum Gasteiger partial charge on any atom is -0.355 e. The van der Waals surface area contributed by atoms with E-state index >= 15 is 0 Å². The lowest BCUT2D eigenvalue weighted by Gasteiger charge is -2.27. The molecule has 22 heavy (non-hydrogen) atoms. The fourth-order valence-corrected chi connectivity index (χ4v) is 4.16. The highest BCUT2D eigenvalue weighted by Crippen LogP contribution is 2.44. The number of aromatic amines is 1. The lowest BCUT2D eigenvalue weighted by atomic mass is 9.81. The van der Waals surface area contributed by atoms with E-state index in [2.05, 4.69) is 39.0 Å². The molecular formula is C17H22N4O. The Morgan fingerprint density at radius 3 is 3.32 bits per heavy atom. The van der Waals surface area contributed by atoms with Gasteiger partial charge in [0.1, 0.15) is 0 Å². The Morgan fingerprint density at radius 2 is 2.36 bits per heavy atom. The second-order valence-corrected chi connectivity index (χ2v) is 6.60. The van der Waals surface area contributed by atoms with Crippen molar-refractivity contribution in [1.82, 2.24) is 20.8 Å². The maximum Gasteiger partial charge on any atom is 0.227 e. The molecule has 2 heterocycles. The smallest absolute Gasteiger partial charge is 0.227 e. The summed E-state index contributed by atoms with van der Waals surface area (Å²) < 4.78 is 0. The highest BCUT2D eigenvalue weighted by atomic mass is 16.2. The number of nitrogens with one attached hydrogen (secondary N) is 3. The summed E-state index contributed by atoms with van der Waals surface area (Å²) in [4.78, 5) is 12.6. The van der Waals surface area contributed by atoms with E-state index in [4.69, 9.17) is 0 Å². The topological polar surface area (TPSA) is 69.8 Å². The van der Waals surface area contributed by atoms with Crippen molar-refractivity contribution < 1.29 is 4.79 Å². The van der Waals surface area contributed by atoms with Gasteiger partial charge in [0.2, 0.25) is 5.91 Å². The number of carbonyl (C=O) groups excluding carboxylic acids is 1. The van der Waals surface area contributed by atoms with Crippen molar-refractivity contribution in [3.05, 3.63) is 30.0 Å². The molecule has 2 aromatic rings. The molecule has 0 bridgehead atoms. The third-order valence-electron chi connectivity index (χ3n) is 5.40. The van der Waals surface area contributed by atoms with Crippen molar-refractivity contribution in [3.8, 4) is 0 Å². The van der Waals surface area contributed by atoms with Gasteiger partial charge < -0.3 is 10.6 Å². The highest BCUT2D eigenvalue weighted by molar-refractivity contribution is 5.84. The van der Waals surface area contributed by atoms with Crippen molar-refractivity contribution in [1.29, 1.82) is 0 Å². The van der Waals surface area contributed by atoms with Gasteiger partial charge in [-0.05, 0) is 43.9 Å². The number of hydrogen-bond donors (Lipinski definition) is 3. The van der Waals surface area contributed by atoms with Gasteiger partial charge in [0.25, 0.3) is 0 Å². The van der Waals surface area contributed by atoms with E-state index in [-0.39, 0.29) is 11.3 Å². The van der Waals surface area contributed by atoms with Crippen LogP contribution in [0.1, 0.15) is 31.2 Å². The molecule has 116 valence electrons. The summed E-state index contributed by atoms with van der Waals surface area (Å²) in [5.41, 5.74) is 2.15. The average molecular weight is 298 g/mol. The third-order valence-corrected chi connectivity index (χ3v) is 5.40. The van der Waals surface area contributed by atoms with Crippen LogP contribution in [0.5, 0.6) is 0 Å². The molecule has 1 saturated heterocycles. The maximum atomic E-state index is 12.6. The highest BCUT2D eigenvalue weighted by Gasteiger charge is 2.51. The zero-order valence-corrected chi connectivity index (χ0v) is 12.7. The van der Waals surface area contributed by atoms with E-state index < -0.39 is 0 Å². The summed E-state index contributed by atoms with van der Waals surface area (Å²) in [5.74, 6) is 0.252. The number of benzene rings is 1. The summed E-state index contributed by atoms with van der Waals surface area (Å²) in [5, 5.41) is 14.8. The number of carbonyl (C=O) groups is 1. The molecule has 5 nitrogen and oxygen atoms in total. The molecule has 4 rings (SSSR count). The maximum absolute atomic E-state index is 12.6. The van der Waals surface area contributed by atoms with E-state index in [1.165, 1.54) is 12.0 Å². The lowest BCUT2D eigenvalue weighted by Crippen LogP contribution is -2.45. The van der Waals surface area contributed by atoms with Crippen molar-refractivity contribution in [2.24, 2.45) is 5.41 Å². The van der Waals surface area contributed by atoms with Crippen LogP contribution >= 0.6 is 0 Å². The predicted molar refractivity (Wildman–Crippen MR) is 85.5 cm³/mol. The summed E-state index contributed by atoms with van der Waals surface area (Å²) in [7, 11) is 0. The molecule has 1 aliphatic carbocycles. The van der Waals surface area contributed by atoms with Crippen LogP contribution in [-0.2, 0) is 11.2 Å². The van der Waals surface area contributed by atoms with Crippen LogP contribution < -0.4 is 10.6 Å². The Balaban J connectivity index is 1.37. The van der Waals surface area contributed by atoms with E-state index in [9.17, 15) is 4.79 Å². The Labute approximate surface area is 129 Å². The summed E-state index contributed by atoms with van der Waals surface area (Å²) in [6.45, 7) is 1.68. The number of fused-ring (bicyclic) bond motifs is 2. The van der Waals surface area contributed by atoms with Gasteiger partial charge in [0.15, 0.2) is 0 Å².